The molecule has 0 bridgehead atoms. The van der Waals surface area contributed by atoms with Crippen LogP contribution in [0.3, 0.4) is 0 Å². The first-order chi connectivity index (χ1) is 12.9. The number of thiocarbonyl (C=S) groups is 1. The zero-order chi connectivity index (χ0) is 19.4. The Bertz CT molecular complexity index is 931. The minimum absolute atomic E-state index is 0.235. The molecule has 0 atom stereocenters. The second-order valence-electron chi connectivity index (χ2n) is 5.75. The third-order valence-corrected chi connectivity index (χ3v) is 6.75. The van der Waals surface area contributed by atoms with Crippen molar-refractivity contribution in [3.8, 4) is 0 Å². The SMILES string of the molecule is O=S(=O)(c1ccc(NC(=S)Nc2ccc(Cl)c(Cl)c2)cc1)N1CCOCC1. The Morgan fingerprint density at radius 2 is 1.56 bits per heavy atom. The Morgan fingerprint density at radius 3 is 2.19 bits per heavy atom. The third kappa shape index (κ3) is 5.10. The van der Waals surface area contributed by atoms with Gasteiger partial charge in [0.25, 0.3) is 0 Å². The lowest BCUT2D eigenvalue weighted by Crippen LogP contribution is -2.40. The molecule has 0 radical (unpaired) electrons. The lowest BCUT2D eigenvalue weighted by atomic mass is 10.3. The van der Waals surface area contributed by atoms with Crippen molar-refractivity contribution in [2.45, 2.75) is 4.90 Å². The van der Waals surface area contributed by atoms with Crippen LogP contribution in [0, 0.1) is 0 Å². The van der Waals surface area contributed by atoms with Crippen molar-refractivity contribution < 1.29 is 13.2 Å². The van der Waals surface area contributed by atoms with E-state index in [1.807, 2.05) is 0 Å². The molecule has 1 fully saturated rings. The van der Waals surface area contributed by atoms with Crippen LogP contribution >= 0.6 is 35.4 Å². The summed E-state index contributed by atoms with van der Waals surface area (Å²) in [4.78, 5) is 0.235. The fourth-order valence-electron chi connectivity index (χ4n) is 2.51. The molecule has 0 unspecified atom stereocenters. The number of sulfonamides is 1. The van der Waals surface area contributed by atoms with Gasteiger partial charge in [0.2, 0.25) is 10.0 Å². The van der Waals surface area contributed by atoms with Crippen molar-refractivity contribution in [1.29, 1.82) is 0 Å². The van der Waals surface area contributed by atoms with E-state index in [1.165, 1.54) is 4.31 Å². The van der Waals surface area contributed by atoms with Gasteiger partial charge < -0.3 is 15.4 Å². The van der Waals surface area contributed by atoms with Gasteiger partial charge in [-0.3, -0.25) is 0 Å². The van der Waals surface area contributed by atoms with Crippen molar-refractivity contribution in [2.75, 3.05) is 36.9 Å². The molecule has 10 heteroatoms. The summed E-state index contributed by atoms with van der Waals surface area (Å²) in [7, 11) is -3.51. The molecule has 0 saturated carbocycles. The van der Waals surface area contributed by atoms with Crippen molar-refractivity contribution in [3.63, 3.8) is 0 Å². The Hall–Kier alpha value is -1.42. The van der Waals surface area contributed by atoms with Crippen LogP contribution in [0.1, 0.15) is 0 Å². The standard InChI is InChI=1S/C17H17Cl2N3O3S2/c18-15-6-3-13(11-16(15)19)21-17(26)20-12-1-4-14(5-2-12)27(23,24)22-7-9-25-10-8-22/h1-6,11H,7-10H2,(H2,20,21,26). The molecule has 1 aliphatic heterocycles. The van der Waals surface area contributed by atoms with E-state index in [0.717, 1.165) is 0 Å². The number of hydrogen-bond acceptors (Lipinski definition) is 4. The van der Waals surface area contributed by atoms with Gasteiger partial charge in [-0.05, 0) is 54.7 Å². The zero-order valence-electron chi connectivity index (χ0n) is 14.1. The van der Waals surface area contributed by atoms with Gasteiger partial charge in [-0.15, -0.1) is 0 Å². The van der Waals surface area contributed by atoms with Crippen molar-refractivity contribution >= 4 is 61.9 Å². The van der Waals surface area contributed by atoms with Crippen LogP contribution in [0.5, 0.6) is 0 Å². The highest BCUT2D eigenvalue weighted by molar-refractivity contribution is 7.89. The van der Waals surface area contributed by atoms with Crippen molar-refractivity contribution in [3.05, 3.63) is 52.5 Å². The smallest absolute Gasteiger partial charge is 0.243 e. The summed E-state index contributed by atoms with van der Waals surface area (Å²) >= 11 is 17.1. The van der Waals surface area contributed by atoms with Crippen LogP contribution in [-0.2, 0) is 14.8 Å². The maximum Gasteiger partial charge on any atom is 0.243 e. The minimum atomic E-state index is -3.51. The summed E-state index contributed by atoms with van der Waals surface area (Å²) in [5.74, 6) is 0. The molecule has 2 aromatic rings. The summed E-state index contributed by atoms with van der Waals surface area (Å²) in [5.41, 5.74) is 1.35. The van der Waals surface area contributed by atoms with E-state index in [9.17, 15) is 8.42 Å². The van der Waals surface area contributed by atoms with Gasteiger partial charge in [0, 0.05) is 24.5 Å². The molecule has 0 amide bonds. The molecule has 144 valence electrons. The number of anilines is 2. The van der Waals surface area contributed by atoms with Crippen LogP contribution in [0.15, 0.2) is 47.4 Å². The molecular formula is C17H17Cl2N3O3S2. The van der Waals surface area contributed by atoms with Crippen LogP contribution in [-0.4, -0.2) is 44.1 Å². The molecule has 0 aromatic heterocycles. The summed E-state index contributed by atoms with van der Waals surface area (Å²) in [6, 6.07) is 11.5. The van der Waals surface area contributed by atoms with Gasteiger partial charge in [0.05, 0.1) is 28.2 Å². The maximum atomic E-state index is 12.6. The first-order valence-electron chi connectivity index (χ1n) is 8.07. The molecule has 0 aliphatic carbocycles. The van der Waals surface area contributed by atoms with E-state index >= 15 is 0 Å². The van der Waals surface area contributed by atoms with Gasteiger partial charge in [0.15, 0.2) is 5.11 Å². The van der Waals surface area contributed by atoms with Gasteiger partial charge in [-0.1, -0.05) is 23.2 Å². The molecular weight excluding hydrogens is 429 g/mol. The second-order valence-corrected chi connectivity index (χ2v) is 8.91. The van der Waals surface area contributed by atoms with E-state index in [2.05, 4.69) is 10.6 Å². The van der Waals surface area contributed by atoms with Crippen LogP contribution in [0.4, 0.5) is 11.4 Å². The molecule has 3 rings (SSSR count). The molecule has 1 aliphatic rings. The number of ether oxygens (including phenoxy) is 1. The van der Waals surface area contributed by atoms with Gasteiger partial charge in [-0.2, -0.15) is 4.31 Å². The number of hydrogen-bond donors (Lipinski definition) is 2. The van der Waals surface area contributed by atoms with Gasteiger partial charge >= 0.3 is 0 Å². The third-order valence-electron chi connectivity index (χ3n) is 3.90. The first kappa shape index (κ1) is 20.3. The van der Waals surface area contributed by atoms with E-state index < -0.39 is 10.0 Å². The van der Waals surface area contributed by atoms with Gasteiger partial charge in [0.1, 0.15) is 0 Å². The summed E-state index contributed by atoms with van der Waals surface area (Å²) in [5, 5.41) is 7.21. The highest BCUT2D eigenvalue weighted by atomic mass is 35.5. The molecule has 2 N–H and O–H groups in total. The minimum Gasteiger partial charge on any atom is -0.379 e. The average molecular weight is 446 g/mol. The Morgan fingerprint density at radius 1 is 0.963 bits per heavy atom. The molecule has 1 heterocycles. The molecule has 1 saturated heterocycles. The average Bonchev–Trinajstić information content (AvgIpc) is 2.66. The predicted molar refractivity (Wildman–Crippen MR) is 112 cm³/mol. The van der Waals surface area contributed by atoms with Crippen molar-refractivity contribution in [2.24, 2.45) is 0 Å². The number of morpholine rings is 1. The van der Waals surface area contributed by atoms with Gasteiger partial charge in [-0.25, -0.2) is 8.42 Å². The first-order valence-corrected chi connectivity index (χ1v) is 10.7. The summed E-state index contributed by atoms with van der Waals surface area (Å²) < 4.78 is 31.8. The second kappa shape index (κ2) is 8.72. The summed E-state index contributed by atoms with van der Waals surface area (Å²) in [6.07, 6.45) is 0. The number of halogens is 2. The number of nitrogens with one attached hydrogen (secondary N) is 2. The molecule has 27 heavy (non-hydrogen) atoms. The van der Waals surface area contributed by atoms with Crippen LogP contribution in [0.25, 0.3) is 0 Å². The largest absolute Gasteiger partial charge is 0.379 e. The van der Waals surface area contributed by atoms with E-state index in [0.29, 0.717) is 52.8 Å². The normalized spacial score (nSPS) is 15.3. The van der Waals surface area contributed by atoms with E-state index in [4.69, 9.17) is 40.2 Å². The monoisotopic (exact) mass is 445 g/mol. The fourth-order valence-corrected chi connectivity index (χ4v) is 4.46. The highest BCUT2D eigenvalue weighted by Crippen LogP contribution is 2.25. The Balaban J connectivity index is 1.64. The predicted octanol–water partition coefficient (Wildman–Crippen LogP) is 3.82. The zero-order valence-corrected chi connectivity index (χ0v) is 17.3. The topological polar surface area (TPSA) is 70.7 Å². The Labute approximate surface area is 173 Å². The quantitative estimate of drug-likeness (QED) is 0.696. The van der Waals surface area contributed by atoms with Crippen LogP contribution in [0.2, 0.25) is 10.0 Å². The van der Waals surface area contributed by atoms with E-state index in [-0.39, 0.29) is 4.90 Å². The Kier molecular flexibility index (Phi) is 6.56. The number of rotatable bonds is 4. The molecule has 0 spiro atoms. The number of benzene rings is 2. The van der Waals surface area contributed by atoms with E-state index in [1.54, 1.807) is 42.5 Å². The van der Waals surface area contributed by atoms with Crippen LogP contribution < -0.4 is 10.6 Å². The summed E-state index contributed by atoms with van der Waals surface area (Å²) in [6.45, 7) is 1.54. The fraction of sp³-hybridized carbons (Fsp3) is 0.235. The lowest BCUT2D eigenvalue weighted by Gasteiger charge is -2.26. The molecule has 6 nitrogen and oxygen atoms in total. The molecule has 2 aromatic carbocycles. The number of nitrogens with zero attached hydrogens (tertiary/aromatic N) is 1. The lowest BCUT2D eigenvalue weighted by molar-refractivity contribution is 0.0730. The maximum absolute atomic E-state index is 12.6. The van der Waals surface area contributed by atoms with Crippen molar-refractivity contribution in [1.82, 2.24) is 4.31 Å². The highest BCUT2D eigenvalue weighted by Gasteiger charge is 2.26.